The van der Waals surface area contributed by atoms with E-state index in [-0.39, 0.29) is 5.97 Å². The number of ether oxygens (including phenoxy) is 1. The Bertz CT molecular complexity index is 441. The Kier molecular flexibility index (Phi) is 4.88. The van der Waals surface area contributed by atoms with Crippen molar-refractivity contribution in [2.75, 3.05) is 13.0 Å². The minimum atomic E-state index is -0.335. The van der Waals surface area contributed by atoms with Crippen LogP contribution >= 0.6 is 11.6 Å². The summed E-state index contributed by atoms with van der Waals surface area (Å²) in [5.74, 6) is 6.05. The topological polar surface area (TPSA) is 26.3 Å². The lowest BCUT2D eigenvalue weighted by Crippen LogP contribution is -2.03. The molecule has 16 heavy (non-hydrogen) atoms. The van der Waals surface area contributed by atoms with Gasteiger partial charge in [-0.3, -0.25) is 0 Å². The van der Waals surface area contributed by atoms with Crippen LogP contribution in [0, 0.1) is 18.8 Å². The average Bonchev–Trinajstić information content (AvgIpc) is 2.30. The van der Waals surface area contributed by atoms with Gasteiger partial charge in [0.1, 0.15) is 0 Å². The molecule has 0 unspecified atom stereocenters. The minimum Gasteiger partial charge on any atom is -0.465 e. The van der Waals surface area contributed by atoms with Crippen LogP contribution in [0.4, 0.5) is 0 Å². The summed E-state index contributed by atoms with van der Waals surface area (Å²) in [7, 11) is 1.37. The second-order valence-electron chi connectivity index (χ2n) is 3.26. The van der Waals surface area contributed by atoms with Gasteiger partial charge in [0, 0.05) is 17.9 Å². The first-order valence-corrected chi connectivity index (χ1v) is 5.46. The molecule has 0 atom stereocenters. The third-order valence-corrected chi connectivity index (χ3v) is 2.28. The van der Waals surface area contributed by atoms with E-state index < -0.39 is 0 Å². The van der Waals surface area contributed by atoms with E-state index in [1.807, 2.05) is 19.1 Å². The molecule has 0 saturated heterocycles. The quantitative estimate of drug-likeness (QED) is 0.448. The number of benzene rings is 1. The second-order valence-corrected chi connectivity index (χ2v) is 3.64. The van der Waals surface area contributed by atoms with Crippen molar-refractivity contribution < 1.29 is 9.53 Å². The van der Waals surface area contributed by atoms with Crippen LogP contribution < -0.4 is 0 Å². The highest BCUT2D eigenvalue weighted by Crippen LogP contribution is 2.11. The van der Waals surface area contributed by atoms with Gasteiger partial charge < -0.3 is 4.74 Å². The largest absolute Gasteiger partial charge is 0.465 e. The molecule has 0 spiro atoms. The molecule has 0 fully saturated rings. The number of methoxy groups -OCH3 is 1. The summed E-state index contributed by atoms with van der Waals surface area (Å²) in [5, 5.41) is 0. The lowest BCUT2D eigenvalue weighted by atomic mass is 10.1. The van der Waals surface area contributed by atoms with E-state index in [2.05, 4.69) is 16.6 Å². The number of halogens is 1. The van der Waals surface area contributed by atoms with Crippen molar-refractivity contribution in [3.63, 3.8) is 0 Å². The number of rotatable bonds is 2. The predicted octanol–water partition coefficient (Wildman–Crippen LogP) is 2.76. The molecule has 0 aliphatic carbocycles. The lowest BCUT2D eigenvalue weighted by Gasteiger charge is -2.03. The molecule has 0 saturated carbocycles. The number of carbonyl (C=O) groups excluding carboxylic acids is 1. The number of aryl methyl sites for hydroxylation is 1. The van der Waals surface area contributed by atoms with Crippen molar-refractivity contribution in [2.45, 2.75) is 13.3 Å². The van der Waals surface area contributed by atoms with Gasteiger partial charge in [-0.05, 0) is 24.6 Å². The van der Waals surface area contributed by atoms with E-state index in [0.717, 1.165) is 11.1 Å². The van der Waals surface area contributed by atoms with E-state index in [4.69, 9.17) is 11.6 Å². The summed E-state index contributed by atoms with van der Waals surface area (Å²) in [6.07, 6.45) is 0.642. The molecular weight excluding hydrogens is 224 g/mol. The third-order valence-electron chi connectivity index (χ3n) is 2.10. The molecule has 84 valence electrons. The van der Waals surface area contributed by atoms with Gasteiger partial charge in [0.15, 0.2) is 0 Å². The van der Waals surface area contributed by atoms with Crippen LogP contribution in [0.5, 0.6) is 0 Å². The van der Waals surface area contributed by atoms with E-state index in [1.165, 1.54) is 7.11 Å². The maximum absolute atomic E-state index is 11.4. The first-order valence-electron chi connectivity index (χ1n) is 4.93. The van der Waals surface area contributed by atoms with Crippen LogP contribution in [-0.2, 0) is 4.74 Å². The maximum Gasteiger partial charge on any atom is 0.338 e. The van der Waals surface area contributed by atoms with E-state index in [0.29, 0.717) is 17.9 Å². The molecule has 0 radical (unpaired) electrons. The maximum atomic E-state index is 11.4. The summed E-state index contributed by atoms with van der Waals surface area (Å²) in [6.45, 7) is 1.86. The molecule has 0 bridgehead atoms. The summed E-state index contributed by atoms with van der Waals surface area (Å²) in [4.78, 5) is 11.4. The zero-order chi connectivity index (χ0) is 12.0. The van der Waals surface area contributed by atoms with Gasteiger partial charge in [0.25, 0.3) is 0 Å². The molecule has 0 aromatic heterocycles. The van der Waals surface area contributed by atoms with Crippen LogP contribution in [0.25, 0.3) is 0 Å². The summed E-state index contributed by atoms with van der Waals surface area (Å²) in [6, 6.07) is 5.47. The fraction of sp³-hybridized carbons (Fsp3) is 0.308. The highest BCUT2D eigenvalue weighted by molar-refractivity contribution is 6.18. The number of hydrogen-bond acceptors (Lipinski definition) is 2. The van der Waals surface area contributed by atoms with Gasteiger partial charge in [-0.15, -0.1) is 11.6 Å². The second kappa shape index (κ2) is 6.19. The standard InChI is InChI=1S/C13H13ClO2/c1-10-6-7-11(5-3-4-8-14)9-12(10)13(15)16-2/h6-7,9H,4,8H2,1-2H3. The van der Waals surface area contributed by atoms with Gasteiger partial charge >= 0.3 is 5.97 Å². The first-order chi connectivity index (χ1) is 7.69. The molecule has 1 aromatic carbocycles. The average molecular weight is 237 g/mol. The summed E-state index contributed by atoms with van der Waals surface area (Å²) in [5.41, 5.74) is 2.24. The van der Waals surface area contributed by atoms with Crippen molar-refractivity contribution in [1.29, 1.82) is 0 Å². The molecule has 2 nitrogen and oxygen atoms in total. The Morgan fingerprint density at radius 1 is 1.50 bits per heavy atom. The van der Waals surface area contributed by atoms with Gasteiger partial charge in [0.05, 0.1) is 12.7 Å². The van der Waals surface area contributed by atoms with Crippen molar-refractivity contribution >= 4 is 17.6 Å². The van der Waals surface area contributed by atoms with Gasteiger partial charge in [0.2, 0.25) is 0 Å². The zero-order valence-corrected chi connectivity index (χ0v) is 10.1. The van der Waals surface area contributed by atoms with Crippen LogP contribution in [0.1, 0.15) is 27.9 Å². The Hall–Kier alpha value is -1.46. The Balaban J connectivity index is 2.99. The number of esters is 1. The number of alkyl halides is 1. The molecule has 0 amide bonds. The highest BCUT2D eigenvalue weighted by Gasteiger charge is 2.08. The highest BCUT2D eigenvalue weighted by atomic mass is 35.5. The van der Waals surface area contributed by atoms with E-state index in [1.54, 1.807) is 6.07 Å². The molecule has 1 rings (SSSR count). The van der Waals surface area contributed by atoms with Gasteiger partial charge in [-0.25, -0.2) is 4.79 Å². The van der Waals surface area contributed by atoms with Crippen molar-refractivity contribution in [1.82, 2.24) is 0 Å². The molecule has 0 heterocycles. The van der Waals surface area contributed by atoms with Crippen LogP contribution in [0.2, 0.25) is 0 Å². The van der Waals surface area contributed by atoms with Gasteiger partial charge in [-0.1, -0.05) is 17.9 Å². The Morgan fingerprint density at radius 3 is 2.88 bits per heavy atom. The van der Waals surface area contributed by atoms with Crippen molar-refractivity contribution in [3.8, 4) is 11.8 Å². The molecule has 0 N–H and O–H groups in total. The SMILES string of the molecule is COC(=O)c1cc(C#CCCCl)ccc1C. The molecule has 0 aliphatic heterocycles. The van der Waals surface area contributed by atoms with Crippen LogP contribution in [-0.4, -0.2) is 19.0 Å². The van der Waals surface area contributed by atoms with Crippen molar-refractivity contribution in [3.05, 3.63) is 34.9 Å². The number of carbonyl (C=O) groups is 1. The van der Waals surface area contributed by atoms with E-state index in [9.17, 15) is 4.79 Å². The molecule has 3 heteroatoms. The smallest absolute Gasteiger partial charge is 0.338 e. The van der Waals surface area contributed by atoms with Gasteiger partial charge in [-0.2, -0.15) is 0 Å². The number of hydrogen-bond donors (Lipinski definition) is 0. The third kappa shape index (κ3) is 3.29. The summed E-state index contributed by atoms with van der Waals surface area (Å²) >= 11 is 5.52. The van der Waals surface area contributed by atoms with Crippen molar-refractivity contribution in [2.24, 2.45) is 0 Å². The molecule has 0 aliphatic rings. The molecule has 1 aromatic rings. The predicted molar refractivity (Wildman–Crippen MR) is 64.7 cm³/mol. The lowest BCUT2D eigenvalue weighted by molar-refractivity contribution is 0.0600. The Morgan fingerprint density at radius 2 is 2.25 bits per heavy atom. The normalized spacial score (nSPS) is 9.19. The first kappa shape index (κ1) is 12.6. The zero-order valence-electron chi connectivity index (χ0n) is 9.34. The Labute approximate surface area is 101 Å². The van der Waals surface area contributed by atoms with Crippen LogP contribution in [0.3, 0.4) is 0 Å². The van der Waals surface area contributed by atoms with Crippen LogP contribution in [0.15, 0.2) is 18.2 Å². The fourth-order valence-electron chi connectivity index (χ4n) is 1.24. The van der Waals surface area contributed by atoms with E-state index >= 15 is 0 Å². The monoisotopic (exact) mass is 236 g/mol. The summed E-state index contributed by atoms with van der Waals surface area (Å²) < 4.78 is 4.69. The molecular formula is C13H13ClO2. The fourth-order valence-corrected chi connectivity index (χ4v) is 1.34. The minimum absolute atomic E-state index is 0.335.